The van der Waals surface area contributed by atoms with Crippen LogP contribution in [-0.4, -0.2) is 0 Å². The smallest absolute Gasteiger partial charge is 0.148 e. The summed E-state index contributed by atoms with van der Waals surface area (Å²) in [7, 11) is 0. The van der Waals surface area contributed by atoms with Gasteiger partial charge in [0.15, 0.2) is 0 Å². The average molecular weight is 276 g/mol. The van der Waals surface area contributed by atoms with Crippen LogP contribution in [0.15, 0.2) is 30.3 Å². The van der Waals surface area contributed by atoms with Gasteiger partial charge in [-0.1, -0.05) is 35.4 Å². The Morgan fingerprint density at radius 3 is 2.74 bits per heavy atom. The molecule has 1 unspecified atom stereocenters. The average Bonchev–Trinajstić information content (AvgIpc) is 2.72. The third-order valence-electron chi connectivity index (χ3n) is 3.68. The number of halogens is 2. The molecule has 1 aliphatic rings. The van der Waals surface area contributed by atoms with E-state index in [2.05, 4.69) is 37.4 Å². The van der Waals surface area contributed by atoms with Gasteiger partial charge in [0.05, 0.1) is 11.7 Å². The van der Waals surface area contributed by atoms with Gasteiger partial charge in [0.1, 0.15) is 5.82 Å². The van der Waals surface area contributed by atoms with Crippen LogP contribution in [0.25, 0.3) is 0 Å². The SMILES string of the molecule is Cc1ccc(C2Cc3cc(Cl)cc(F)c3N2)c(C)c1. The van der Waals surface area contributed by atoms with Gasteiger partial charge in [-0.05, 0) is 49.1 Å². The third-order valence-corrected chi connectivity index (χ3v) is 3.90. The maximum absolute atomic E-state index is 13.9. The highest BCUT2D eigenvalue weighted by atomic mass is 35.5. The minimum Gasteiger partial charge on any atom is -0.375 e. The van der Waals surface area contributed by atoms with E-state index in [0.717, 1.165) is 12.0 Å². The van der Waals surface area contributed by atoms with Gasteiger partial charge in [0, 0.05) is 5.02 Å². The predicted octanol–water partition coefficient (Wildman–Crippen LogP) is 4.81. The molecule has 98 valence electrons. The van der Waals surface area contributed by atoms with Crippen molar-refractivity contribution in [2.75, 3.05) is 5.32 Å². The lowest BCUT2D eigenvalue weighted by Gasteiger charge is -2.15. The molecule has 0 saturated carbocycles. The van der Waals surface area contributed by atoms with Crippen LogP contribution < -0.4 is 5.32 Å². The summed E-state index contributed by atoms with van der Waals surface area (Å²) >= 11 is 5.91. The molecule has 0 bridgehead atoms. The van der Waals surface area contributed by atoms with E-state index in [1.54, 1.807) is 0 Å². The summed E-state index contributed by atoms with van der Waals surface area (Å²) in [6.07, 6.45) is 0.775. The number of fused-ring (bicyclic) bond motifs is 1. The number of hydrogen-bond donors (Lipinski definition) is 1. The van der Waals surface area contributed by atoms with Gasteiger partial charge in [-0.3, -0.25) is 0 Å². The Hall–Kier alpha value is -1.54. The molecule has 1 heterocycles. The number of hydrogen-bond acceptors (Lipinski definition) is 1. The fourth-order valence-corrected chi connectivity index (χ4v) is 3.03. The normalized spacial score (nSPS) is 17.2. The number of aryl methyl sites for hydroxylation is 2. The van der Waals surface area contributed by atoms with Gasteiger partial charge >= 0.3 is 0 Å². The van der Waals surface area contributed by atoms with Crippen molar-refractivity contribution in [2.24, 2.45) is 0 Å². The van der Waals surface area contributed by atoms with Crippen molar-refractivity contribution in [1.29, 1.82) is 0 Å². The van der Waals surface area contributed by atoms with Gasteiger partial charge in [0.2, 0.25) is 0 Å². The molecule has 0 spiro atoms. The Kier molecular flexibility index (Phi) is 2.98. The predicted molar refractivity (Wildman–Crippen MR) is 77.4 cm³/mol. The highest BCUT2D eigenvalue weighted by Crippen LogP contribution is 2.38. The molecule has 0 aliphatic carbocycles. The quantitative estimate of drug-likeness (QED) is 0.788. The Balaban J connectivity index is 1.97. The summed E-state index contributed by atoms with van der Waals surface area (Å²) in [5.41, 5.74) is 5.24. The van der Waals surface area contributed by atoms with Crippen LogP contribution >= 0.6 is 11.6 Å². The van der Waals surface area contributed by atoms with E-state index in [4.69, 9.17) is 11.6 Å². The molecule has 3 heteroatoms. The molecule has 19 heavy (non-hydrogen) atoms. The Bertz CT molecular complexity index is 651. The highest BCUT2D eigenvalue weighted by molar-refractivity contribution is 6.30. The number of rotatable bonds is 1. The van der Waals surface area contributed by atoms with E-state index < -0.39 is 0 Å². The van der Waals surface area contributed by atoms with Gasteiger partial charge < -0.3 is 5.32 Å². The molecule has 1 nitrogen and oxygen atoms in total. The van der Waals surface area contributed by atoms with Crippen LogP contribution in [-0.2, 0) is 6.42 Å². The molecule has 1 aliphatic heterocycles. The zero-order valence-corrected chi connectivity index (χ0v) is 11.7. The zero-order chi connectivity index (χ0) is 13.6. The molecule has 3 rings (SSSR count). The second-order valence-electron chi connectivity index (χ2n) is 5.18. The van der Waals surface area contributed by atoms with Crippen molar-refractivity contribution in [3.05, 3.63) is 63.4 Å². The first-order valence-corrected chi connectivity index (χ1v) is 6.74. The molecule has 1 atom stereocenters. The molecule has 0 amide bonds. The number of nitrogens with one attached hydrogen (secondary N) is 1. The fraction of sp³-hybridized carbons (Fsp3) is 0.250. The molecular weight excluding hydrogens is 261 g/mol. The lowest BCUT2D eigenvalue weighted by Crippen LogP contribution is -2.08. The van der Waals surface area contributed by atoms with E-state index in [9.17, 15) is 4.39 Å². The van der Waals surface area contributed by atoms with Gasteiger partial charge in [-0.2, -0.15) is 0 Å². The number of anilines is 1. The van der Waals surface area contributed by atoms with Crippen LogP contribution in [0.3, 0.4) is 0 Å². The van der Waals surface area contributed by atoms with Crippen molar-refractivity contribution < 1.29 is 4.39 Å². The molecule has 1 N–H and O–H groups in total. The topological polar surface area (TPSA) is 12.0 Å². The largest absolute Gasteiger partial charge is 0.375 e. The van der Waals surface area contributed by atoms with Crippen LogP contribution in [0.1, 0.15) is 28.3 Å². The lowest BCUT2D eigenvalue weighted by atomic mass is 9.97. The van der Waals surface area contributed by atoms with Crippen molar-refractivity contribution in [2.45, 2.75) is 26.3 Å². The van der Waals surface area contributed by atoms with Crippen molar-refractivity contribution >= 4 is 17.3 Å². The van der Waals surface area contributed by atoms with E-state index in [0.29, 0.717) is 10.7 Å². The minimum absolute atomic E-state index is 0.128. The van der Waals surface area contributed by atoms with Crippen molar-refractivity contribution in [3.8, 4) is 0 Å². The van der Waals surface area contributed by atoms with E-state index >= 15 is 0 Å². The maximum atomic E-state index is 13.9. The summed E-state index contributed by atoms with van der Waals surface area (Å²) in [6, 6.07) is 9.70. The monoisotopic (exact) mass is 275 g/mol. The van der Waals surface area contributed by atoms with Crippen molar-refractivity contribution in [3.63, 3.8) is 0 Å². The Labute approximate surface area is 117 Å². The Morgan fingerprint density at radius 2 is 2.00 bits per heavy atom. The molecule has 0 fully saturated rings. The van der Waals surface area contributed by atoms with Gasteiger partial charge in [-0.15, -0.1) is 0 Å². The van der Waals surface area contributed by atoms with Crippen LogP contribution in [0.4, 0.5) is 10.1 Å². The maximum Gasteiger partial charge on any atom is 0.148 e. The lowest BCUT2D eigenvalue weighted by molar-refractivity contribution is 0.631. The first kappa shape index (κ1) is 12.5. The third kappa shape index (κ3) is 2.21. The molecule has 0 saturated heterocycles. The first-order chi connectivity index (χ1) is 9.04. The highest BCUT2D eigenvalue weighted by Gasteiger charge is 2.26. The molecule has 0 aromatic heterocycles. The van der Waals surface area contributed by atoms with E-state index in [1.165, 1.54) is 22.8 Å². The van der Waals surface area contributed by atoms with Crippen LogP contribution in [0.5, 0.6) is 0 Å². The second-order valence-corrected chi connectivity index (χ2v) is 5.62. The summed E-state index contributed by atoms with van der Waals surface area (Å²) in [4.78, 5) is 0. The summed E-state index contributed by atoms with van der Waals surface area (Å²) in [6.45, 7) is 4.17. The molecule has 2 aromatic carbocycles. The summed E-state index contributed by atoms with van der Waals surface area (Å²) in [5.74, 6) is -0.269. The molecule has 0 radical (unpaired) electrons. The van der Waals surface area contributed by atoms with Gasteiger partial charge in [0.25, 0.3) is 0 Å². The Morgan fingerprint density at radius 1 is 1.21 bits per heavy atom. The standard InChI is InChI=1S/C16H15ClFN/c1-9-3-4-13(10(2)5-9)15-7-11-6-12(17)8-14(18)16(11)19-15/h3-6,8,15,19H,7H2,1-2H3. The van der Waals surface area contributed by atoms with E-state index in [1.807, 2.05) is 6.07 Å². The fourth-order valence-electron chi connectivity index (χ4n) is 2.80. The van der Waals surface area contributed by atoms with Crippen LogP contribution in [0.2, 0.25) is 5.02 Å². The van der Waals surface area contributed by atoms with Crippen LogP contribution in [0, 0.1) is 19.7 Å². The zero-order valence-electron chi connectivity index (χ0n) is 10.9. The second kappa shape index (κ2) is 4.53. The summed E-state index contributed by atoms with van der Waals surface area (Å²) < 4.78 is 13.9. The number of benzene rings is 2. The van der Waals surface area contributed by atoms with Gasteiger partial charge in [-0.25, -0.2) is 4.39 Å². The van der Waals surface area contributed by atoms with Crippen molar-refractivity contribution in [1.82, 2.24) is 0 Å². The first-order valence-electron chi connectivity index (χ1n) is 6.36. The van der Waals surface area contributed by atoms with E-state index in [-0.39, 0.29) is 11.9 Å². The minimum atomic E-state index is -0.269. The molecular formula is C16H15ClFN. The summed E-state index contributed by atoms with van der Waals surface area (Å²) in [5, 5.41) is 3.73. The molecule has 2 aromatic rings.